The lowest BCUT2D eigenvalue weighted by atomic mass is 9.82. The van der Waals surface area contributed by atoms with E-state index in [-0.39, 0.29) is 17.7 Å². The Morgan fingerprint density at radius 1 is 1.12 bits per heavy atom. The number of benzene rings is 1. The molecule has 1 unspecified atom stereocenters. The molecule has 6 rings (SSSR count). The number of aryl methyl sites for hydroxylation is 2. The second kappa shape index (κ2) is 7.70. The van der Waals surface area contributed by atoms with E-state index in [1.54, 1.807) is 0 Å². The Hall–Kier alpha value is -2.65. The molecule has 4 heterocycles. The van der Waals surface area contributed by atoms with Crippen LogP contribution in [0.2, 0.25) is 0 Å². The van der Waals surface area contributed by atoms with E-state index in [4.69, 9.17) is 4.74 Å². The molecule has 9 heteroatoms. The number of nitrogens with one attached hydrogen (secondary N) is 2. The maximum Gasteiger partial charge on any atom is 0.431 e. The quantitative estimate of drug-likeness (QED) is 0.613. The SMILES string of the molecule is Cc1ccc2c(c1)CC[C@H](N1C[C@H]3COC[C@H]3C1)C2Nc1ncnc2[nH]c(C(F)(F)F)cc12. The normalized spacial score (nSPS) is 27.6. The first kappa shape index (κ1) is 20.9. The van der Waals surface area contributed by atoms with Crippen LogP contribution in [0.25, 0.3) is 11.0 Å². The molecule has 0 bridgehead atoms. The highest BCUT2D eigenvalue weighted by molar-refractivity contribution is 5.88. The van der Waals surface area contributed by atoms with Crippen LogP contribution < -0.4 is 5.32 Å². The van der Waals surface area contributed by atoms with Crippen LogP contribution in [0.5, 0.6) is 0 Å². The standard InChI is InChI=1S/C24H26F3N5O/c1-13-2-4-17-14(6-13)3-5-19(32-8-15-10-33-11-16(15)9-32)21(17)31-23-18-7-20(24(25,26)27)30-22(18)28-12-29-23/h2,4,6-7,12,15-16,19,21H,3,5,8-11H2,1H3,(H2,28,29,30,31)/t15-,16+,19-,21?/m0/s1. The molecule has 2 saturated heterocycles. The number of hydrogen-bond donors (Lipinski definition) is 2. The molecule has 2 aliphatic heterocycles. The Bertz CT molecular complexity index is 1180. The number of alkyl halides is 3. The molecule has 3 aromatic rings. The van der Waals surface area contributed by atoms with E-state index < -0.39 is 11.9 Å². The van der Waals surface area contributed by atoms with Gasteiger partial charge in [-0.15, -0.1) is 0 Å². The summed E-state index contributed by atoms with van der Waals surface area (Å²) in [7, 11) is 0. The smallest absolute Gasteiger partial charge is 0.381 e. The van der Waals surface area contributed by atoms with Gasteiger partial charge >= 0.3 is 6.18 Å². The van der Waals surface area contributed by atoms with Gasteiger partial charge in [-0.25, -0.2) is 9.97 Å². The highest BCUT2D eigenvalue weighted by atomic mass is 19.4. The Labute approximate surface area is 189 Å². The van der Waals surface area contributed by atoms with Crippen molar-refractivity contribution in [1.82, 2.24) is 19.9 Å². The number of hydrogen-bond acceptors (Lipinski definition) is 5. The first-order valence-electron chi connectivity index (χ1n) is 11.5. The van der Waals surface area contributed by atoms with Crippen molar-refractivity contribution in [2.45, 2.75) is 38.0 Å². The van der Waals surface area contributed by atoms with Crippen molar-refractivity contribution in [1.29, 1.82) is 0 Å². The fourth-order valence-corrected chi connectivity index (χ4v) is 5.85. The van der Waals surface area contributed by atoms with Crippen molar-refractivity contribution < 1.29 is 17.9 Å². The van der Waals surface area contributed by atoms with Crippen molar-refractivity contribution >= 4 is 16.9 Å². The molecule has 0 radical (unpaired) electrons. The number of aromatic amines is 1. The van der Waals surface area contributed by atoms with Crippen LogP contribution in [0.4, 0.5) is 19.0 Å². The molecule has 2 aromatic heterocycles. The zero-order valence-electron chi connectivity index (χ0n) is 18.3. The van der Waals surface area contributed by atoms with E-state index in [2.05, 4.69) is 50.3 Å². The lowest BCUT2D eigenvalue weighted by molar-refractivity contribution is -0.140. The number of aromatic nitrogens is 3. The molecule has 2 fully saturated rings. The fourth-order valence-electron chi connectivity index (χ4n) is 5.85. The first-order chi connectivity index (χ1) is 15.9. The second-order valence-corrected chi connectivity index (χ2v) is 9.61. The van der Waals surface area contributed by atoms with Gasteiger partial charge in [-0.3, -0.25) is 4.90 Å². The molecule has 2 N–H and O–H groups in total. The van der Waals surface area contributed by atoms with E-state index in [0.717, 1.165) is 45.2 Å². The number of likely N-dealkylation sites (tertiary alicyclic amines) is 1. The highest BCUT2D eigenvalue weighted by Crippen LogP contribution is 2.41. The molecular weight excluding hydrogens is 431 g/mol. The summed E-state index contributed by atoms with van der Waals surface area (Å²) < 4.78 is 45.6. The third-order valence-electron chi connectivity index (χ3n) is 7.49. The molecular formula is C24H26F3N5O. The van der Waals surface area contributed by atoms with Gasteiger partial charge in [0.1, 0.15) is 23.5 Å². The van der Waals surface area contributed by atoms with Crippen LogP contribution >= 0.6 is 0 Å². The van der Waals surface area contributed by atoms with Gasteiger partial charge in [0.05, 0.1) is 24.6 Å². The summed E-state index contributed by atoms with van der Waals surface area (Å²) in [4.78, 5) is 13.3. The maximum absolute atomic E-state index is 13.3. The summed E-state index contributed by atoms with van der Waals surface area (Å²) in [6.07, 6.45) is -1.18. The predicted molar refractivity (Wildman–Crippen MR) is 118 cm³/mol. The maximum atomic E-state index is 13.3. The predicted octanol–water partition coefficient (Wildman–Crippen LogP) is 4.33. The van der Waals surface area contributed by atoms with Crippen molar-refractivity contribution in [3.05, 3.63) is 53.0 Å². The summed E-state index contributed by atoms with van der Waals surface area (Å²) in [5, 5.41) is 3.90. The molecule has 0 saturated carbocycles. The number of ether oxygens (including phenoxy) is 1. The number of fused-ring (bicyclic) bond motifs is 3. The third kappa shape index (κ3) is 3.67. The Balaban J connectivity index is 1.38. The largest absolute Gasteiger partial charge is 0.431 e. The van der Waals surface area contributed by atoms with Crippen LogP contribution in [-0.2, 0) is 17.3 Å². The van der Waals surface area contributed by atoms with Gasteiger partial charge in [-0.1, -0.05) is 23.8 Å². The highest BCUT2D eigenvalue weighted by Gasteiger charge is 2.43. The van der Waals surface area contributed by atoms with Crippen molar-refractivity contribution in [3.63, 3.8) is 0 Å². The van der Waals surface area contributed by atoms with Gasteiger partial charge in [0, 0.05) is 31.0 Å². The van der Waals surface area contributed by atoms with E-state index >= 15 is 0 Å². The van der Waals surface area contributed by atoms with Crippen molar-refractivity contribution in [2.24, 2.45) is 11.8 Å². The third-order valence-corrected chi connectivity index (χ3v) is 7.49. The molecule has 0 spiro atoms. The van der Waals surface area contributed by atoms with Gasteiger partial charge in [-0.05, 0) is 37.0 Å². The van der Waals surface area contributed by atoms with E-state index in [9.17, 15) is 13.2 Å². The lowest BCUT2D eigenvalue weighted by Gasteiger charge is -2.40. The molecule has 1 aliphatic carbocycles. The Kier molecular flexibility index (Phi) is 4.88. The van der Waals surface area contributed by atoms with E-state index in [0.29, 0.717) is 23.0 Å². The molecule has 6 nitrogen and oxygen atoms in total. The molecule has 174 valence electrons. The minimum atomic E-state index is -4.47. The Morgan fingerprint density at radius 3 is 2.67 bits per heavy atom. The summed E-state index contributed by atoms with van der Waals surface area (Å²) in [5.74, 6) is 1.56. The average molecular weight is 458 g/mol. The zero-order valence-corrected chi connectivity index (χ0v) is 18.3. The molecule has 3 aliphatic rings. The van der Waals surface area contributed by atoms with Gasteiger partial charge in [0.2, 0.25) is 0 Å². The van der Waals surface area contributed by atoms with Crippen molar-refractivity contribution in [3.8, 4) is 0 Å². The van der Waals surface area contributed by atoms with Crippen molar-refractivity contribution in [2.75, 3.05) is 31.6 Å². The Morgan fingerprint density at radius 2 is 1.91 bits per heavy atom. The zero-order chi connectivity index (χ0) is 22.7. The minimum Gasteiger partial charge on any atom is -0.381 e. The summed E-state index contributed by atoms with van der Waals surface area (Å²) in [6, 6.07) is 7.75. The number of H-pyrrole nitrogens is 1. The van der Waals surface area contributed by atoms with E-state index in [1.807, 2.05) is 0 Å². The first-order valence-corrected chi connectivity index (χ1v) is 11.5. The number of halogens is 3. The van der Waals surface area contributed by atoms with Gasteiger partial charge in [-0.2, -0.15) is 13.2 Å². The lowest BCUT2D eigenvalue weighted by Crippen LogP contribution is -2.44. The molecule has 0 amide bonds. The fraction of sp³-hybridized carbons (Fsp3) is 0.500. The number of nitrogens with zero attached hydrogens (tertiary/aromatic N) is 3. The topological polar surface area (TPSA) is 66.1 Å². The number of anilines is 1. The van der Waals surface area contributed by atoms with Crippen LogP contribution in [0.1, 0.15) is 34.8 Å². The number of rotatable bonds is 3. The van der Waals surface area contributed by atoms with Gasteiger partial charge in [0.15, 0.2) is 0 Å². The molecule has 1 aromatic carbocycles. The molecule has 33 heavy (non-hydrogen) atoms. The summed E-state index contributed by atoms with van der Waals surface area (Å²) in [5.41, 5.74) is 3.07. The summed E-state index contributed by atoms with van der Waals surface area (Å²) >= 11 is 0. The molecule has 4 atom stereocenters. The monoisotopic (exact) mass is 457 g/mol. The van der Waals surface area contributed by atoms with Crippen LogP contribution in [-0.4, -0.2) is 52.2 Å². The van der Waals surface area contributed by atoms with Crippen LogP contribution in [0.3, 0.4) is 0 Å². The van der Waals surface area contributed by atoms with Crippen LogP contribution in [0, 0.1) is 18.8 Å². The van der Waals surface area contributed by atoms with Gasteiger partial charge in [0.25, 0.3) is 0 Å². The second-order valence-electron chi connectivity index (χ2n) is 9.61. The van der Waals surface area contributed by atoms with E-state index in [1.165, 1.54) is 23.0 Å². The summed E-state index contributed by atoms with van der Waals surface area (Å²) in [6.45, 7) is 5.71. The minimum absolute atomic E-state index is 0.0727. The average Bonchev–Trinajstić information content (AvgIpc) is 3.48. The van der Waals surface area contributed by atoms with Gasteiger partial charge < -0.3 is 15.0 Å². The van der Waals surface area contributed by atoms with Crippen LogP contribution in [0.15, 0.2) is 30.6 Å².